The lowest BCUT2D eigenvalue weighted by Crippen LogP contribution is -2.34. The molecule has 1 heterocycles. The van der Waals surface area contributed by atoms with Gasteiger partial charge in [-0.15, -0.1) is 0 Å². The van der Waals surface area contributed by atoms with Crippen LogP contribution in [0, 0.1) is 11.6 Å². The van der Waals surface area contributed by atoms with Crippen molar-refractivity contribution in [2.45, 2.75) is 45.1 Å². The van der Waals surface area contributed by atoms with Crippen LogP contribution in [0.1, 0.15) is 55.6 Å². The van der Waals surface area contributed by atoms with Crippen LogP contribution in [-0.4, -0.2) is 17.0 Å². The predicted octanol–water partition coefficient (Wildman–Crippen LogP) is 3.53. The third kappa shape index (κ3) is 2.92. The van der Waals surface area contributed by atoms with E-state index in [9.17, 15) is 18.4 Å². The first kappa shape index (κ1) is 16.6. The summed E-state index contributed by atoms with van der Waals surface area (Å²) in [4.78, 5) is 25.4. The van der Waals surface area contributed by atoms with Crippen LogP contribution in [0.25, 0.3) is 10.8 Å². The van der Waals surface area contributed by atoms with Gasteiger partial charge in [0.2, 0.25) is 0 Å². The number of hydrogen-bond acceptors (Lipinski definition) is 2. The molecule has 0 radical (unpaired) electrons. The highest BCUT2D eigenvalue weighted by molar-refractivity contribution is 5.96. The molecule has 128 valence electrons. The van der Waals surface area contributed by atoms with Crippen LogP contribution in [0.5, 0.6) is 0 Å². The quantitative estimate of drug-likeness (QED) is 0.930. The number of nitrogens with one attached hydrogen (secondary N) is 1. The standard InChI is InChI=1S/C18H20F2N2O2/c1-2-7-21-17(23)16-9-11-8-14(19)15(20)10-13(11)18(24)22(16)12-5-3-4-6-12/h8-10,12H,2-7H2,1H3,(H,21,23). The average molecular weight is 334 g/mol. The van der Waals surface area contributed by atoms with Gasteiger partial charge >= 0.3 is 0 Å². The zero-order valence-corrected chi connectivity index (χ0v) is 13.6. The van der Waals surface area contributed by atoms with Gasteiger partial charge in [-0.25, -0.2) is 8.78 Å². The molecule has 0 atom stereocenters. The van der Waals surface area contributed by atoms with Gasteiger partial charge in [-0.1, -0.05) is 19.8 Å². The summed E-state index contributed by atoms with van der Waals surface area (Å²) in [5, 5.41) is 3.11. The van der Waals surface area contributed by atoms with Gasteiger partial charge < -0.3 is 9.88 Å². The Morgan fingerprint density at radius 1 is 1.21 bits per heavy atom. The van der Waals surface area contributed by atoms with E-state index in [2.05, 4.69) is 5.32 Å². The summed E-state index contributed by atoms with van der Waals surface area (Å²) < 4.78 is 28.6. The van der Waals surface area contributed by atoms with E-state index in [0.29, 0.717) is 6.54 Å². The van der Waals surface area contributed by atoms with Crippen LogP contribution < -0.4 is 10.9 Å². The van der Waals surface area contributed by atoms with Crippen LogP contribution in [0.15, 0.2) is 23.0 Å². The number of nitrogens with zero attached hydrogens (tertiary/aromatic N) is 1. The zero-order chi connectivity index (χ0) is 17.3. The van der Waals surface area contributed by atoms with E-state index >= 15 is 0 Å². The number of benzene rings is 1. The molecule has 0 unspecified atom stereocenters. The first-order valence-electron chi connectivity index (χ1n) is 8.35. The molecule has 1 aromatic heterocycles. The van der Waals surface area contributed by atoms with Gasteiger partial charge in [-0.2, -0.15) is 0 Å². The van der Waals surface area contributed by atoms with E-state index in [0.717, 1.165) is 44.2 Å². The summed E-state index contributed by atoms with van der Waals surface area (Å²) in [6, 6.07) is 3.31. The van der Waals surface area contributed by atoms with Crippen molar-refractivity contribution >= 4 is 16.7 Å². The molecule has 1 fully saturated rings. The minimum Gasteiger partial charge on any atom is -0.351 e. The molecule has 0 aliphatic heterocycles. The van der Waals surface area contributed by atoms with E-state index in [1.807, 2.05) is 6.92 Å². The molecule has 1 saturated carbocycles. The molecule has 1 amide bonds. The Labute approximate surface area is 138 Å². The van der Waals surface area contributed by atoms with Crippen LogP contribution in [-0.2, 0) is 0 Å². The average Bonchev–Trinajstić information content (AvgIpc) is 3.08. The summed E-state index contributed by atoms with van der Waals surface area (Å²) in [7, 11) is 0. The number of carbonyl (C=O) groups excluding carboxylic acids is 1. The molecule has 0 bridgehead atoms. The highest BCUT2D eigenvalue weighted by atomic mass is 19.2. The third-order valence-corrected chi connectivity index (χ3v) is 4.55. The molecule has 0 spiro atoms. The van der Waals surface area contributed by atoms with Gasteiger partial charge in [-0.3, -0.25) is 9.59 Å². The monoisotopic (exact) mass is 334 g/mol. The second-order valence-corrected chi connectivity index (χ2v) is 6.25. The number of halogens is 2. The summed E-state index contributed by atoms with van der Waals surface area (Å²) >= 11 is 0. The predicted molar refractivity (Wildman–Crippen MR) is 88.3 cm³/mol. The summed E-state index contributed by atoms with van der Waals surface area (Å²) in [5.41, 5.74) is -0.209. The number of fused-ring (bicyclic) bond motifs is 1. The molecule has 1 aliphatic rings. The van der Waals surface area contributed by atoms with Gasteiger partial charge in [0.15, 0.2) is 11.6 Å². The number of rotatable bonds is 4. The molecule has 3 rings (SSSR count). The highest BCUT2D eigenvalue weighted by Gasteiger charge is 2.25. The Morgan fingerprint density at radius 2 is 1.88 bits per heavy atom. The Hall–Kier alpha value is -2.24. The molecule has 24 heavy (non-hydrogen) atoms. The van der Waals surface area contributed by atoms with Crippen molar-refractivity contribution in [3.8, 4) is 0 Å². The van der Waals surface area contributed by atoms with Crippen molar-refractivity contribution in [3.63, 3.8) is 0 Å². The smallest absolute Gasteiger partial charge is 0.268 e. The summed E-state index contributed by atoms with van der Waals surface area (Å²) in [5.74, 6) is -2.44. The van der Waals surface area contributed by atoms with Crippen molar-refractivity contribution < 1.29 is 13.6 Å². The van der Waals surface area contributed by atoms with Crippen molar-refractivity contribution in [2.24, 2.45) is 0 Å². The van der Waals surface area contributed by atoms with Gasteiger partial charge in [0.25, 0.3) is 11.5 Å². The molecule has 4 nitrogen and oxygen atoms in total. The van der Waals surface area contributed by atoms with E-state index in [1.54, 1.807) is 0 Å². The first-order chi connectivity index (χ1) is 11.5. The number of amides is 1. The van der Waals surface area contributed by atoms with Gasteiger partial charge in [0.1, 0.15) is 5.69 Å². The van der Waals surface area contributed by atoms with E-state index in [-0.39, 0.29) is 28.4 Å². The molecular weight excluding hydrogens is 314 g/mol. The SMILES string of the molecule is CCCNC(=O)c1cc2cc(F)c(F)cc2c(=O)n1C1CCCC1. The Kier molecular flexibility index (Phi) is 4.64. The number of hydrogen-bond donors (Lipinski definition) is 1. The van der Waals surface area contributed by atoms with Crippen molar-refractivity contribution in [1.82, 2.24) is 9.88 Å². The highest BCUT2D eigenvalue weighted by Crippen LogP contribution is 2.30. The van der Waals surface area contributed by atoms with Crippen molar-refractivity contribution in [3.05, 3.63) is 45.9 Å². The van der Waals surface area contributed by atoms with Crippen LogP contribution in [0.4, 0.5) is 8.78 Å². The molecule has 2 aromatic rings. The molecule has 0 saturated heterocycles. The Bertz CT molecular complexity index is 839. The van der Waals surface area contributed by atoms with Crippen LogP contribution >= 0.6 is 0 Å². The molecule has 1 aliphatic carbocycles. The molecular formula is C18H20F2N2O2. The van der Waals surface area contributed by atoms with E-state index in [1.165, 1.54) is 10.6 Å². The topological polar surface area (TPSA) is 51.1 Å². The maximum absolute atomic E-state index is 13.6. The summed E-state index contributed by atoms with van der Waals surface area (Å²) in [6.45, 7) is 2.43. The maximum Gasteiger partial charge on any atom is 0.268 e. The lowest BCUT2D eigenvalue weighted by Gasteiger charge is -2.19. The van der Waals surface area contributed by atoms with E-state index in [4.69, 9.17) is 0 Å². The number of pyridine rings is 1. The normalized spacial score (nSPS) is 15.1. The fourth-order valence-corrected chi connectivity index (χ4v) is 3.35. The Balaban J connectivity index is 2.22. The minimum atomic E-state index is -1.05. The van der Waals surface area contributed by atoms with Crippen LogP contribution in [0.2, 0.25) is 0 Å². The zero-order valence-electron chi connectivity index (χ0n) is 13.6. The lowest BCUT2D eigenvalue weighted by molar-refractivity contribution is 0.0941. The van der Waals surface area contributed by atoms with E-state index < -0.39 is 17.2 Å². The lowest BCUT2D eigenvalue weighted by atomic mass is 10.1. The molecule has 1 N–H and O–H groups in total. The molecule has 6 heteroatoms. The number of carbonyl (C=O) groups is 1. The van der Waals surface area contributed by atoms with Gasteiger partial charge in [0, 0.05) is 12.6 Å². The largest absolute Gasteiger partial charge is 0.351 e. The van der Waals surface area contributed by atoms with Gasteiger partial charge in [0.05, 0.1) is 5.39 Å². The minimum absolute atomic E-state index is 0.0719. The first-order valence-corrected chi connectivity index (χ1v) is 8.35. The second kappa shape index (κ2) is 6.71. The van der Waals surface area contributed by atoms with Crippen molar-refractivity contribution in [1.29, 1.82) is 0 Å². The fraction of sp³-hybridized carbons (Fsp3) is 0.444. The van der Waals surface area contributed by atoms with Crippen LogP contribution in [0.3, 0.4) is 0 Å². The second-order valence-electron chi connectivity index (χ2n) is 6.25. The van der Waals surface area contributed by atoms with Crippen molar-refractivity contribution in [2.75, 3.05) is 6.54 Å². The Morgan fingerprint density at radius 3 is 2.54 bits per heavy atom. The van der Waals surface area contributed by atoms with Gasteiger partial charge in [-0.05, 0) is 42.8 Å². The fourth-order valence-electron chi connectivity index (χ4n) is 3.35. The summed E-state index contributed by atoms with van der Waals surface area (Å²) in [6.07, 6.45) is 4.37. The number of aromatic nitrogens is 1. The maximum atomic E-state index is 13.6. The third-order valence-electron chi connectivity index (χ3n) is 4.55. The molecule has 1 aromatic carbocycles.